The van der Waals surface area contributed by atoms with E-state index in [2.05, 4.69) is 15.4 Å². The molecule has 0 aromatic heterocycles. The predicted octanol–water partition coefficient (Wildman–Crippen LogP) is 2.40. The number of benzene rings is 1. The van der Waals surface area contributed by atoms with Crippen LogP contribution in [0.4, 0.5) is 10.5 Å². The average Bonchev–Trinajstić information content (AvgIpc) is 2.46. The first-order valence-corrected chi connectivity index (χ1v) is 6.86. The maximum atomic E-state index is 11.9. The highest BCUT2D eigenvalue weighted by molar-refractivity contribution is 5.92. The monoisotopic (exact) mass is 294 g/mol. The van der Waals surface area contributed by atoms with Crippen LogP contribution in [0.3, 0.4) is 0 Å². The lowest BCUT2D eigenvalue weighted by Gasteiger charge is -2.20. The lowest BCUT2D eigenvalue weighted by molar-refractivity contribution is -0.143. The van der Waals surface area contributed by atoms with Crippen LogP contribution in [0, 0.1) is 5.92 Å². The predicted molar refractivity (Wildman–Crippen MR) is 80.4 cm³/mol. The number of amides is 2. The third-order valence-corrected chi connectivity index (χ3v) is 2.83. The Kier molecular flexibility index (Phi) is 6.52. The standard InChI is InChI=1S/C15H22N2O4/c1-5-21-12-8-6-11(7-9-12)16-15(19)17-13(10(2)3)14(18)20-4/h6-10,13H,5H2,1-4H3,(H2,16,17,19). The van der Waals surface area contributed by atoms with E-state index in [0.717, 1.165) is 5.75 Å². The normalized spacial score (nSPS) is 11.7. The SMILES string of the molecule is CCOc1ccc(NC(=O)NC(C(=O)OC)C(C)C)cc1. The number of hydrogen-bond acceptors (Lipinski definition) is 4. The van der Waals surface area contributed by atoms with E-state index in [0.29, 0.717) is 12.3 Å². The molecule has 21 heavy (non-hydrogen) atoms. The second-order valence-electron chi connectivity index (χ2n) is 4.80. The molecule has 1 aromatic rings. The van der Waals surface area contributed by atoms with Gasteiger partial charge in [-0.1, -0.05) is 13.8 Å². The molecule has 1 aromatic carbocycles. The Bertz CT molecular complexity index is 471. The molecule has 2 N–H and O–H groups in total. The van der Waals surface area contributed by atoms with E-state index in [1.54, 1.807) is 24.3 Å². The summed E-state index contributed by atoms with van der Waals surface area (Å²) in [5.74, 6) is 0.202. The first-order chi connectivity index (χ1) is 9.97. The summed E-state index contributed by atoms with van der Waals surface area (Å²) in [6.07, 6.45) is 0. The maximum absolute atomic E-state index is 11.9. The minimum absolute atomic E-state index is 0.0662. The summed E-state index contributed by atoms with van der Waals surface area (Å²) in [4.78, 5) is 23.5. The third kappa shape index (κ3) is 5.33. The van der Waals surface area contributed by atoms with Gasteiger partial charge in [0.1, 0.15) is 11.8 Å². The molecule has 0 saturated carbocycles. The summed E-state index contributed by atoms with van der Waals surface area (Å²) in [5.41, 5.74) is 0.614. The largest absolute Gasteiger partial charge is 0.494 e. The van der Waals surface area contributed by atoms with Gasteiger partial charge < -0.3 is 20.1 Å². The van der Waals surface area contributed by atoms with Gasteiger partial charge in [0.15, 0.2) is 0 Å². The number of carbonyl (C=O) groups is 2. The van der Waals surface area contributed by atoms with Crippen LogP contribution in [-0.2, 0) is 9.53 Å². The average molecular weight is 294 g/mol. The molecule has 0 saturated heterocycles. The molecule has 1 unspecified atom stereocenters. The summed E-state index contributed by atoms with van der Waals surface area (Å²) in [7, 11) is 1.30. The van der Waals surface area contributed by atoms with Crippen molar-refractivity contribution in [3.63, 3.8) is 0 Å². The molecule has 0 spiro atoms. The Morgan fingerprint density at radius 2 is 1.81 bits per heavy atom. The van der Waals surface area contributed by atoms with Crippen molar-refractivity contribution >= 4 is 17.7 Å². The van der Waals surface area contributed by atoms with Gasteiger partial charge in [-0.25, -0.2) is 9.59 Å². The van der Waals surface area contributed by atoms with Gasteiger partial charge in [0.25, 0.3) is 0 Å². The van der Waals surface area contributed by atoms with E-state index in [9.17, 15) is 9.59 Å². The number of nitrogens with one attached hydrogen (secondary N) is 2. The maximum Gasteiger partial charge on any atom is 0.328 e. The Morgan fingerprint density at radius 3 is 2.29 bits per heavy atom. The Labute approximate surface area is 124 Å². The number of urea groups is 1. The van der Waals surface area contributed by atoms with Crippen molar-refractivity contribution < 1.29 is 19.1 Å². The van der Waals surface area contributed by atoms with Crippen molar-refractivity contribution in [3.05, 3.63) is 24.3 Å². The van der Waals surface area contributed by atoms with Gasteiger partial charge in [0, 0.05) is 5.69 Å². The fourth-order valence-electron chi connectivity index (χ4n) is 1.73. The number of rotatable bonds is 6. The molecule has 6 heteroatoms. The Morgan fingerprint density at radius 1 is 1.19 bits per heavy atom. The van der Waals surface area contributed by atoms with Crippen LogP contribution in [-0.4, -0.2) is 31.8 Å². The van der Waals surface area contributed by atoms with E-state index in [4.69, 9.17) is 4.74 Å². The summed E-state index contributed by atoms with van der Waals surface area (Å²) < 4.78 is 9.99. The van der Waals surface area contributed by atoms with E-state index in [1.807, 2.05) is 20.8 Å². The number of anilines is 1. The summed E-state index contributed by atoms with van der Waals surface area (Å²) in [6.45, 7) is 6.15. The van der Waals surface area contributed by atoms with Crippen molar-refractivity contribution in [3.8, 4) is 5.75 Å². The molecule has 116 valence electrons. The lowest BCUT2D eigenvalue weighted by Crippen LogP contribution is -2.46. The minimum atomic E-state index is -0.683. The smallest absolute Gasteiger partial charge is 0.328 e. The summed E-state index contributed by atoms with van der Waals surface area (Å²) in [5, 5.41) is 5.26. The van der Waals surface area contributed by atoms with Crippen LogP contribution in [0.1, 0.15) is 20.8 Å². The molecule has 0 aliphatic carbocycles. The van der Waals surface area contributed by atoms with Gasteiger partial charge in [-0.15, -0.1) is 0 Å². The van der Waals surface area contributed by atoms with Gasteiger partial charge in [0.05, 0.1) is 13.7 Å². The molecule has 2 amide bonds. The van der Waals surface area contributed by atoms with Crippen LogP contribution in [0.5, 0.6) is 5.75 Å². The zero-order chi connectivity index (χ0) is 15.8. The third-order valence-electron chi connectivity index (χ3n) is 2.83. The second-order valence-corrected chi connectivity index (χ2v) is 4.80. The first-order valence-electron chi connectivity index (χ1n) is 6.86. The zero-order valence-electron chi connectivity index (χ0n) is 12.8. The molecule has 0 bridgehead atoms. The van der Waals surface area contributed by atoms with Crippen molar-refractivity contribution in [1.29, 1.82) is 0 Å². The molecule has 0 aliphatic rings. The van der Waals surface area contributed by atoms with Crippen LogP contribution < -0.4 is 15.4 Å². The zero-order valence-corrected chi connectivity index (χ0v) is 12.8. The van der Waals surface area contributed by atoms with Gasteiger partial charge in [-0.05, 0) is 37.1 Å². The van der Waals surface area contributed by atoms with Crippen LogP contribution in [0.2, 0.25) is 0 Å². The van der Waals surface area contributed by atoms with Gasteiger partial charge in [-0.2, -0.15) is 0 Å². The highest BCUT2D eigenvalue weighted by Gasteiger charge is 2.24. The molecule has 1 atom stereocenters. The highest BCUT2D eigenvalue weighted by Crippen LogP contribution is 2.15. The topological polar surface area (TPSA) is 76.7 Å². The fraction of sp³-hybridized carbons (Fsp3) is 0.467. The molecule has 0 heterocycles. The van der Waals surface area contributed by atoms with Gasteiger partial charge in [0.2, 0.25) is 0 Å². The van der Waals surface area contributed by atoms with E-state index in [1.165, 1.54) is 7.11 Å². The molecular formula is C15H22N2O4. The number of methoxy groups -OCH3 is 1. The molecule has 0 fully saturated rings. The first kappa shape index (κ1) is 16.8. The van der Waals surface area contributed by atoms with Crippen LogP contribution >= 0.6 is 0 Å². The molecular weight excluding hydrogens is 272 g/mol. The van der Waals surface area contributed by atoms with Crippen molar-refractivity contribution in [2.45, 2.75) is 26.8 Å². The Balaban J connectivity index is 2.61. The lowest BCUT2D eigenvalue weighted by atomic mass is 10.1. The van der Waals surface area contributed by atoms with E-state index < -0.39 is 18.0 Å². The number of carbonyl (C=O) groups excluding carboxylic acids is 2. The highest BCUT2D eigenvalue weighted by atomic mass is 16.5. The fourth-order valence-corrected chi connectivity index (χ4v) is 1.73. The second kappa shape index (κ2) is 8.14. The minimum Gasteiger partial charge on any atom is -0.494 e. The molecule has 0 radical (unpaired) electrons. The van der Waals surface area contributed by atoms with Crippen molar-refractivity contribution in [2.75, 3.05) is 19.0 Å². The van der Waals surface area contributed by atoms with Crippen LogP contribution in [0.25, 0.3) is 0 Å². The summed E-state index contributed by atoms with van der Waals surface area (Å²) >= 11 is 0. The summed E-state index contributed by atoms with van der Waals surface area (Å²) in [6, 6.07) is 5.85. The van der Waals surface area contributed by atoms with Crippen LogP contribution in [0.15, 0.2) is 24.3 Å². The van der Waals surface area contributed by atoms with Gasteiger partial charge >= 0.3 is 12.0 Å². The van der Waals surface area contributed by atoms with Crippen molar-refractivity contribution in [2.24, 2.45) is 5.92 Å². The number of ether oxygens (including phenoxy) is 2. The number of hydrogen-bond donors (Lipinski definition) is 2. The number of esters is 1. The van der Waals surface area contributed by atoms with Crippen molar-refractivity contribution in [1.82, 2.24) is 5.32 Å². The Hall–Kier alpha value is -2.24. The molecule has 1 rings (SSSR count). The van der Waals surface area contributed by atoms with Gasteiger partial charge in [-0.3, -0.25) is 0 Å². The van der Waals surface area contributed by atoms with E-state index >= 15 is 0 Å². The van der Waals surface area contributed by atoms with E-state index in [-0.39, 0.29) is 5.92 Å². The molecule has 6 nitrogen and oxygen atoms in total. The molecule has 0 aliphatic heterocycles. The quantitative estimate of drug-likeness (QED) is 0.790.